The Morgan fingerprint density at radius 3 is 2.80 bits per heavy atom. The summed E-state index contributed by atoms with van der Waals surface area (Å²) in [5, 5.41) is 16.7. The van der Waals surface area contributed by atoms with Crippen LogP contribution in [0.5, 0.6) is 0 Å². The molecule has 0 fully saturated rings. The lowest BCUT2D eigenvalue weighted by Crippen LogP contribution is -2.28. The fourth-order valence-corrected chi connectivity index (χ4v) is 1.71. The van der Waals surface area contributed by atoms with E-state index in [0.29, 0.717) is 16.4 Å². The Hall–Kier alpha value is -2.12. The molecule has 0 saturated carbocycles. The highest BCUT2D eigenvalue weighted by molar-refractivity contribution is 6.30. The third-order valence-corrected chi connectivity index (χ3v) is 2.81. The largest absolute Gasteiger partial charge is 0.388 e. The minimum Gasteiger partial charge on any atom is -0.388 e. The van der Waals surface area contributed by atoms with Gasteiger partial charge < -0.3 is 20.7 Å². The van der Waals surface area contributed by atoms with Crippen molar-refractivity contribution >= 4 is 17.6 Å². The molecule has 0 aliphatic carbocycles. The van der Waals surface area contributed by atoms with Crippen molar-refractivity contribution in [1.82, 2.24) is 15.5 Å². The van der Waals surface area contributed by atoms with Gasteiger partial charge in [0.15, 0.2) is 5.82 Å². The number of carbonyl (C=O) groups is 1. The van der Waals surface area contributed by atoms with Gasteiger partial charge in [-0.1, -0.05) is 28.9 Å². The third-order valence-electron chi connectivity index (χ3n) is 2.55. The highest BCUT2D eigenvalue weighted by Crippen LogP contribution is 2.19. The second-order valence-electron chi connectivity index (χ2n) is 4.09. The quantitative estimate of drug-likeness (QED) is 0.766. The summed E-state index contributed by atoms with van der Waals surface area (Å²) in [5.41, 5.74) is 5.63. The molecule has 7 nitrogen and oxygen atoms in total. The van der Waals surface area contributed by atoms with Crippen LogP contribution < -0.4 is 11.1 Å². The van der Waals surface area contributed by atoms with Crippen LogP contribution in [0.25, 0.3) is 0 Å². The van der Waals surface area contributed by atoms with Gasteiger partial charge in [0, 0.05) is 11.4 Å². The number of hydrogen-bond acceptors (Lipinski definition) is 5. The molecule has 20 heavy (non-hydrogen) atoms. The van der Waals surface area contributed by atoms with Crippen molar-refractivity contribution in [3.05, 3.63) is 46.6 Å². The summed E-state index contributed by atoms with van der Waals surface area (Å²) < 4.78 is 4.91. The van der Waals surface area contributed by atoms with E-state index in [9.17, 15) is 9.90 Å². The number of hydrogen-bond donors (Lipinski definition) is 3. The molecule has 2 rings (SSSR count). The molecule has 1 aromatic heterocycles. The summed E-state index contributed by atoms with van der Waals surface area (Å²) in [6.45, 7) is 0.0549. The summed E-state index contributed by atoms with van der Waals surface area (Å²) in [6.07, 6.45) is -0.566. The fourth-order valence-electron chi connectivity index (χ4n) is 1.58. The zero-order valence-electron chi connectivity index (χ0n) is 10.4. The minimum absolute atomic E-state index is 0.0549. The number of nitrogens with two attached hydrogens (primary N) is 1. The van der Waals surface area contributed by atoms with Crippen LogP contribution in [0.15, 0.2) is 28.8 Å². The van der Waals surface area contributed by atoms with Gasteiger partial charge in [0.25, 0.3) is 0 Å². The predicted molar refractivity (Wildman–Crippen MR) is 70.8 cm³/mol. The molecule has 0 saturated heterocycles. The Labute approximate surface area is 119 Å². The Balaban J connectivity index is 1.95. The average Bonchev–Trinajstić information content (AvgIpc) is 2.84. The number of amides is 2. The molecule has 8 heteroatoms. The number of nitrogens with zero attached hydrogens (tertiary/aromatic N) is 2. The van der Waals surface area contributed by atoms with Crippen LogP contribution in [0.4, 0.5) is 4.79 Å². The Morgan fingerprint density at radius 1 is 1.45 bits per heavy atom. The molecule has 4 N–H and O–H groups in total. The molecule has 106 valence electrons. The molecule has 0 aliphatic heterocycles. The number of halogens is 1. The predicted octanol–water partition coefficient (Wildman–Crippen LogP) is 1.17. The summed E-state index contributed by atoms with van der Waals surface area (Å²) in [5.74, 6) is 0.566. The van der Waals surface area contributed by atoms with E-state index in [1.54, 1.807) is 24.3 Å². The molecule has 0 radical (unpaired) electrons. The van der Waals surface area contributed by atoms with Crippen molar-refractivity contribution in [1.29, 1.82) is 0 Å². The van der Waals surface area contributed by atoms with E-state index < -0.39 is 12.1 Å². The first-order valence-electron chi connectivity index (χ1n) is 5.83. The van der Waals surface area contributed by atoms with Crippen LogP contribution in [-0.4, -0.2) is 21.3 Å². The van der Waals surface area contributed by atoms with Gasteiger partial charge in [0.2, 0.25) is 5.89 Å². The number of aromatic nitrogens is 2. The van der Waals surface area contributed by atoms with Gasteiger partial charge in [-0.2, -0.15) is 4.98 Å². The van der Waals surface area contributed by atoms with Crippen molar-refractivity contribution in [2.45, 2.75) is 19.1 Å². The molecule has 2 amide bonds. The van der Waals surface area contributed by atoms with Gasteiger partial charge in [0.1, 0.15) is 0 Å². The van der Waals surface area contributed by atoms with Crippen molar-refractivity contribution in [2.75, 3.05) is 0 Å². The lowest BCUT2D eigenvalue weighted by atomic mass is 10.1. The van der Waals surface area contributed by atoms with Gasteiger partial charge in [-0.05, 0) is 17.7 Å². The number of urea groups is 1. The minimum atomic E-state index is -0.762. The van der Waals surface area contributed by atoms with Gasteiger partial charge in [-0.15, -0.1) is 0 Å². The summed E-state index contributed by atoms with van der Waals surface area (Å²) in [7, 11) is 0. The van der Waals surface area contributed by atoms with Gasteiger partial charge >= 0.3 is 6.03 Å². The molecule has 0 unspecified atom stereocenters. The van der Waals surface area contributed by atoms with Crippen LogP contribution >= 0.6 is 11.6 Å². The first-order valence-corrected chi connectivity index (χ1v) is 6.20. The van der Waals surface area contributed by atoms with Crippen molar-refractivity contribution in [3.63, 3.8) is 0 Å². The summed E-state index contributed by atoms with van der Waals surface area (Å²) in [6, 6.07) is 6.16. The highest BCUT2D eigenvalue weighted by atomic mass is 35.5. The molecule has 0 spiro atoms. The normalized spacial score (nSPS) is 12.1. The Morgan fingerprint density at radius 2 is 2.15 bits per heavy atom. The van der Waals surface area contributed by atoms with E-state index in [1.165, 1.54) is 0 Å². The van der Waals surface area contributed by atoms with E-state index in [0.717, 1.165) is 0 Å². The van der Waals surface area contributed by atoms with Crippen LogP contribution in [0, 0.1) is 0 Å². The molecule has 1 heterocycles. The fraction of sp³-hybridized carbons (Fsp3) is 0.250. The molecule has 0 bridgehead atoms. The second-order valence-corrected chi connectivity index (χ2v) is 4.53. The zero-order chi connectivity index (χ0) is 14.5. The van der Waals surface area contributed by atoms with Crippen LogP contribution in [0.1, 0.15) is 23.4 Å². The van der Waals surface area contributed by atoms with Crippen LogP contribution in [0.2, 0.25) is 5.02 Å². The number of carbonyl (C=O) groups excluding carboxylic acids is 1. The smallest absolute Gasteiger partial charge is 0.312 e. The van der Waals surface area contributed by atoms with Crippen LogP contribution in [0.3, 0.4) is 0 Å². The first kappa shape index (κ1) is 14.3. The molecule has 1 aromatic carbocycles. The van der Waals surface area contributed by atoms with Gasteiger partial charge in [-0.3, -0.25) is 0 Å². The van der Waals surface area contributed by atoms with Gasteiger partial charge in [0.05, 0.1) is 12.6 Å². The lowest BCUT2D eigenvalue weighted by molar-refractivity contribution is 0.174. The zero-order valence-corrected chi connectivity index (χ0v) is 11.2. The van der Waals surface area contributed by atoms with Crippen molar-refractivity contribution in [2.24, 2.45) is 5.73 Å². The molecular formula is C12H13ClN4O3. The van der Waals surface area contributed by atoms with Crippen molar-refractivity contribution in [3.8, 4) is 0 Å². The molecule has 2 aromatic rings. The average molecular weight is 297 g/mol. The molecular weight excluding hydrogens is 284 g/mol. The van der Waals surface area contributed by atoms with Gasteiger partial charge in [-0.25, -0.2) is 4.79 Å². The maximum absolute atomic E-state index is 10.5. The standard InChI is InChI=1S/C12H13ClN4O3/c13-8-3-1-7(2-4-8)9(18)5-10-16-11(20-17-10)6-15-12(14)19/h1-4,9,18H,5-6H2,(H3,14,15,19)/t9-/m0/s1. The highest BCUT2D eigenvalue weighted by Gasteiger charge is 2.14. The first-order chi connectivity index (χ1) is 9.54. The second kappa shape index (κ2) is 6.36. The number of primary amides is 1. The Bertz CT molecular complexity index is 585. The SMILES string of the molecule is NC(=O)NCc1nc(C[C@H](O)c2ccc(Cl)cc2)no1. The number of nitrogens with one attached hydrogen (secondary N) is 1. The van der Waals surface area contributed by atoms with E-state index >= 15 is 0 Å². The topological polar surface area (TPSA) is 114 Å². The number of aliphatic hydroxyl groups is 1. The van der Waals surface area contributed by atoms with Crippen LogP contribution in [-0.2, 0) is 13.0 Å². The van der Waals surface area contributed by atoms with E-state index in [1.807, 2.05) is 0 Å². The lowest BCUT2D eigenvalue weighted by Gasteiger charge is -2.07. The number of benzene rings is 1. The third kappa shape index (κ3) is 3.94. The monoisotopic (exact) mass is 296 g/mol. The Kier molecular flexibility index (Phi) is 4.54. The van der Waals surface area contributed by atoms with Crippen molar-refractivity contribution < 1.29 is 14.4 Å². The van der Waals surface area contributed by atoms with E-state index in [2.05, 4.69) is 15.5 Å². The van der Waals surface area contributed by atoms with E-state index in [-0.39, 0.29) is 18.9 Å². The summed E-state index contributed by atoms with van der Waals surface area (Å²) >= 11 is 5.77. The molecule has 0 aliphatic rings. The maximum atomic E-state index is 10.5. The maximum Gasteiger partial charge on any atom is 0.312 e. The number of rotatable bonds is 5. The summed E-state index contributed by atoms with van der Waals surface area (Å²) in [4.78, 5) is 14.6. The van der Waals surface area contributed by atoms with E-state index in [4.69, 9.17) is 21.9 Å². The molecule has 1 atom stereocenters. The number of aliphatic hydroxyl groups excluding tert-OH is 1.